The first-order chi connectivity index (χ1) is 14.2. The van der Waals surface area contributed by atoms with E-state index in [0.29, 0.717) is 15.6 Å². The van der Waals surface area contributed by atoms with E-state index in [4.69, 9.17) is 23.2 Å². The van der Waals surface area contributed by atoms with Crippen LogP contribution < -0.4 is 0 Å². The van der Waals surface area contributed by atoms with Crippen molar-refractivity contribution in [2.45, 2.75) is 20.9 Å². The predicted octanol–water partition coefficient (Wildman–Crippen LogP) is 4.23. The molecule has 0 unspecified atom stereocenters. The van der Waals surface area contributed by atoms with Crippen LogP contribution in [0.25, 0.3) is 0 Å². The van der Waals surface area contributed by atoms with Gasteiger partial charge in [0.05, 0.1) is 16.3 Å². The van der Waals surface area contributed by atoms with Crippen molar-refractivity contribution in [1.82, 2.24) is 4.98 Å². The number of nitrogens with zero attached hydrogens (tertiary/aromatic N) is 2. The number of hydrogen-bond acceptors (Lipinski definition) is 6. The molecule has 0 amide bonds. The Balaban J connectivity index is 2.05. The quantitative estimate of drug-likeness (QED) is 0.469. The van der Waals surface area contributed by atoms with E-state index >= 15 is 0 Å². The zero-order valence-electron chi connectivity index (χ0n) is 15.4. The molecule has 6 nitrogen and oxygen atoms in total. The van der Waals surface area contributed by atoms with Crippen LogP contribution in [0.15, 0.2) is 87.8 Å². The molecule has 0 aliphatic heterocycles. The van der Waals surface area contributed by atoms with Crippen molar-refractivity contribution in [2.75, 3.05) is 0 Å². The van der Waals surface area contributed by atoms with Gasteiger partial charge in [0.2, 0.25) is 24.3 Å². The van der Waals surface area contributed by atoms with Gasteiger partial charge in [-0.15, -0.1) is 0 Å². The number of hydrogen-bond donors (Lipinski definition) is 0. The average Bonchev–Trinajstić information content (AvgIpc) is 2.72. The lowest BCUT2D eigenvalue weighted by Gasteiger charge is -2.15. The summed E-state index contributed by atoms with van der Waals surface area (Å²) >= 11 is 11.7. The second-order valence-corrected chi connectivity index (χ2v) is 11.5. The molecular weight excluding hydrogens is 467 g/mol. The van der Waals surface area contributed by atoms with Crippen LogP contribution in [0, 0.1) is 0 Å². The molecule has 3 aromatic rings. The second kappa shape index (κ2) is 9.26. The van der Waals surface area contributed by atoms with Gasteiger partial charge in [0.1, 0.15) is 0 Å². The number of aromatic nitrogens is 1. The highest BCUT2D eigenvalue weighted by Gasteiger charge is 2.38. The maximum absolute atomic E-state index is 13.2. The van der Waals surface area contributed by atoms with Gasteiger partial charge in [-0.1, -0.05) is 29.3 Å². The van der Waals surface area contributed by atoms with Gasteiger partial charge in [0.15, 0.2) is 0 Å². The van der Waals surface area contributed by atoms with E-state index in [9.17, 15) is 16.8 Å². The molecule has 0 aliphatic rings. The summed E-state index contributed by atoms with van der Waals surface area (Å²) in [5, 5.41) is 0.660. The van der Waals surface area contributed by atoms with Crippen LogP contribution in [0.1, 0.15) is 5.56 Å². The minimum absolute atomic E-state index is 0.0800. The lowest BCUT2D eigenvalue weighted by molar-refractivity contribution is 0.584. The maximum atomic E-state index is 13.2. The fourth-order valence-electron chi connectivity index (χ4n) is 2.58. The molecule has 1 aromatic heterocycles. The van der Waals surface area contributed by atoms with Gasteiger partial charge in [0.25, 0.3) is 0 Å². The Morgan fingerprint density at radius 3 is 1.77 bits per heavy atom. The van der Waals surface area contributed by atoms with Gasteiger partial charge in [-0.25, -0.2) is 16.8 Å². The lowest BCUT2D eigenvalue weighted by Crippen LogP contribution is -2.32. The Bertz CT molecular complexity index is 1170. The fraction of sp³-hybridized carbons (Fsp3) is 0.100. The van der Waals surface area contributed by atoms with E-state index in [1.54, 1.807) is 24.5 Å². The third-order valence-electron chi connectivity index (χ3n) is 4.12. The Hall–Kier alpha value is -2.26. The first kappa shape index (κ1) is 22.4. The van der Waals surface area contributed by atoms with Gasteiger partial charge in [-0.05, 0) is 60.2 Å². The molecule has 0 radical (unpaired) electrons. The van der Waals surface area contributed by atoms with Crippen LogP contribution >= 0.6 is 23.2 Å². The molecule has 156 valence electrons. The Labute approximate surface area is 185 Å². The summed E-state index contributed by atoms with van der Waals surface area (Å²) in [5.41, 5.74) is 0.709. The molecule has 0 atom stereocenters. The fourth-order valence-corrected chi connectivity index (χ4v) is 6.89. The van der Waals surface area contributed by atoms with Gasteiger partial charge in [-0.2, -0.15) is 0 Å². The number of sulfone groups is 2. The van der Waals surface area contributed by atoms with Crippen molar-refractivity contribution in [3.63, 3.8) is 0 Å². The van der Waals surface area contributed by atoms with E-state index < -0.39 is 24.3 Å². The Morgan fingerprint density at radius 1 is 0.833 bits per heavy atom. The van der Waals surface area contributed by atoms with E-state index in [1.807, 2.05) is 0 Å². The zero-order chi connectivity index (χ0) is 21.8. The van der Waals surface area contributed by atoms with Gasteiger partial charge >= 0.3 is 0 Å². The number of aliphatic imine (C=N–C) groups is 1. The van der Waals surface area contributed by atoms with Crippen LogP contribution in [-0.4, -0.2) is 32.6 Å². The summed E-state index contributed by atoms with van der Waals surface area (Å²) in [7, 11) is -8.67. The SMILES string of the molecule is O=S(=O)(c1ccc(Cl)cc1)C(C=NCc1cccnc1)S(=O)(=O)c1ccc(Cl)cc1. The van der Waals surface area contributed by atoms with Crippen molar-refractivity contribution in [1.29, 1.82) is 0 Å². The summed E-state index contributed by atoms with van der Waals surface area (Å²) < 4.78 is 51.0. The number of halogens is 2. The molecule has 0 fully saturated rings. The zero-order valence-corrected chi connectivity index (χ0v) is 18.5. The van der Waals surface area contributed by atoms with E-state index in [2.05, 4.69) is 9.98 Å². The van der Waals surface area contributed by atoms with Crippen LogP contribution in [-0.2, 0) is 26.2 Å². The van der Waals surface area contributed by atoms with Crippen LogP contribution in [0.2, 0.25) is 10.0 Å². The molecule has 0 spiro atoms. The number of benzene rings is 2. The molecule has 0 aliphatic carbocycles. The summed E-state index contributed by atoms with van der Waals surface area (Å²) in [5.74, 6) is 0. The lowest BCUT2D eigenvalue weighted by atomic mass is 10.3. The Morgan fingerprint density at radius 2 is 1.33 bits per heavy atom. The van der Waals surface area contributed by atoms with Crippen LogP contribution in [0.3, 0.4) is 0 Å². The van der Waals surface area contributed by atoms with Crippen LogP contribution in [0.4, 0.5) is 0 Å². The monoisotopic (exact) mass is 482 g/mol. The molecule has 0 N–H and O–H groups in total. The highest BCUT2D eigenvalue weighted by Crippen LogP contribution is 2.26. The molecule has 0 bridgehead atoms. The third-order valence-corrected chi connectivity index (χ3v) is 9.47. The van der Waals surface area contributed by atoms with E-state index in [1.165, 1.54) is 48.5 Å². The predicted molar refractivity (Wildman–Crippen MR) is 117 cm³/mol. The van der Waals surface area contributed by atoms with Crippen molar-refractivity contribution in [3.05, 3.63) is 88.7 Å². The summed E-state index contributed by atoms with van der Waals surface area (Å²) in [6, 6.07) is 14.0. The maximum Gasteiger partial charge on any atom is 0.206 e. The van der Waals surface area contributed by atoms with Gasteiger partial charge in [0, 0.05) is 28.7 Å². The van der Waals surface area contributed by atoms with Crippen molar-refractivity contribution in [2.24, 2.45) is 4.99 Å². The molecule has 3 rings (SSSR count). The Kier molecular flexibility index (Phi) is 6.92. The minimum atomic E-state index is -4.33. The van der Waals surface area contributed by atoms with E-state index in [-0.39, 0.29) is 16.3 Å². The highest BCUT2D eigenvalue weighted by atomic mass is 35.5. The topological polar surface area (TPSA) is 93.5 Å². The first-order valence-electron chi connectivity index (χ1n) is 8.59. The third kappa shape index (κ3) is 5.07. The molecular formula is C20H16Cl2N2O4S2. The summed E-state index contributed by atoms with van der Waals surface area (Å²) in [6.45, 7) is 0.0800. The van der Waals surface area contributed by atoms with Gasteiger partial charge in [-0.3, -0.25) is 9.98 Å². The molecule has 30 heavy (non-hydrogen) atoms. The second-order valence-electron chi connectivity index (χ2n) is 6.22. The van der Waals surface area contributed by atoms with Crippen molar-refractivity contribution >= 4 is 49.1 Å². The summed E-state index contributed by atoms with van der Waals surface area (Å²) in [6.07, 6.45) is 4.10. The number of rotatable bonds is 7. The normalized spacial score (nSPS) is 12.5. The molecule has 10 heteroatoms. The standard InChI is InChI=1S/C20H16Cl2N2O4S2/c21-16-3-7-18(8-4-16)29(25,26)20(14-24-13-15-2-1-11-23-12-15)30(27,28)19-9-5-17(22)6-10-19/h1-12,14,20H,13H2. The van der Waals surface area contributed by atoms with Crippen molar-refractivity contribution < 1.29 is 16.8 Å². The highest BCUT2D eigenvalue weighted by molar-refractivity contribution is 8.10. The van der Waals surface area contributed by atoms with Crippen molar-refractivity contribution in [3.8, 4) is 0 Å². The van der Waals surface area contributed by atoms with Crippen LogP contribution in [0.5, 0.6) is 0 Å². The number of pyridine rings is 1. The van der Waals surface area contributed by atoms with Gasteiger partial charge < -0.3 is 0 Å². The molecule has 2 aromatic carbocycles. The molecule has 0 saturated heterocycles. The molecule has 0 saturated carbocycles. The smallest absolute Gasteiger partial charge is 0.206 e. The van der Waals surface area contributed by atoms with E-state index in [0.717, 1.165) is 6.21 Å². The average molecular weight is 483 g/mol. The summed E-state index contributed by atoms with van der Waals surface area (Å²) in [4.78, 5) is 7.68. The largest absolute Gasteiger partial charge is 0.290 e. The minimum Gasteiger partial charge on any atom is -0.290 e. The first-order valence-corrected chi connectivity index (χ1v) is 12.4. The molecule has 1 heterocycles.